The maximum Gasteiger partial charge on any atom is 0.335 e. The summed E-state index contributed by atoms with van der Waals surface area (Å²) < 4.78 is 0. The molecule has 0 saturated carbocycles. The average Bonchev–Trinajstić information content (AvgIpc) is 2.30. The molecule has 2 nitrogen and oxygen atoms in total. The molecule has 0 atom stereocenters. The first-order chi connectivity index (χ1) is 7.68. The van der Waals surface area contributed by atoms with Gasteiger partial charge in [-0.3, -0.25) is 0 Å². The maximum absolute atomic E-state index is 11.0. The molecule has 0 amide bonds. The molecule has 80 valence electrons. The average molecular weight is 212 g/mol. The molecule has 0 aromatic heterocycles. The van der Waals surface area contributed by atoms with Crippen LogP contribution in [0.25, 0.3) is 11.1 Å². The number of aromatic carboxylic acids is 1. The topological polar surface area (TPSA) is 37.3 Å². The zero-order valence-electron chi connectivity index (χ0n) is 8.97. The molecule has 0 heterocycles. The van der Waals surface area contributed by atoms with Gasteiger partial charge in [-0.1, -0.05) is 42.5 Å². The van der Waals surface area contributed by atoms with E-state index in [-0.39, 0.29) is 0 Å². The lowest BCUT2D eigenvalue weighted by Gasteiger charge is -2.05. The number of benzene rings is 2. The molecule has 0 saturated heterocycles. The van der Waals surface area contributed by atoms with Gasteiger partial charge in [0.25, 0.3) is 0 Å². The molecule has 1 N–H and O–H groups in total. The van der Waals surface area contributed by atoms with E-state index in [4.69, 9.17) is 5.11 Å². The Balaban J connectivity index is 2.52. The lowest BCUT2D eigenvalue weighted by molar-refractivity contribution is 0.0696. The quantitative estimate of drug-likeness (QED) is 0.828. The van der Waals surface area contributed by atoms with Gasteiger partial charge in [0.1, 0.15) is 0 Å². The summed E-state index contributed by atoms with van der Waals surface area (Å²) in [5.74, 6) is -0.879. The third kappa shape index (κ3) is 1.96. The standard InChI is InChI=1S/C14H12O2/c1-10-7-8-12(9-13(10)14(15)16)11-5-3-2-4-6-11/h2-9H,1H3,(H,15,16). The second kappa shape index (κ2) is 4.19. The van der Waals surface area contributed by atoms with Gasteiger partial charge in [-0.25, -0.2) is 4.79 Å². The molecule has 0 aliphatic rings. The molecule has 0 aliphatic heterocycles. The normalized spacial score (nSPS) is 10.1. The Morgan fingerprint density at radius 1 is 1.00 bits per heavy atom. The first-order valence-corrected chi connectivity index (χ1v) is 5.08. The minimum absolute atomic E-state index is 0.362. The number of rotatable bonds is 2. The molecule has 2 heteroatoms. The Hall–Kier alpha value is -2.09. The van der Waals surface area contributed by atoms with E-state index in [9.17, 15) is 4.79 Å². The minimum Gasteiger partial charge on any atom is -0.478 e. The van der Waals surface area contributed by atoms with Gasteiger partial charge in [0.2, 0.25) is 0 Å². The van der Waals surface area contributed by atoms with Crippen LogP contribution in [0.4, 0.5) is 0 Å². The molecular weight excluding hydrogens is 200 g/mol. The largest absolute Gasteiger partial charge is 0.478 e. The lowest BCUT2D eigenvalue weighted by atomic mass is 10.00. The zero-order chi connectivity index (χ0) is 11.5. The number of hydrogen-bond donors (Lipinski definition) is 1. The predicted octanol–water partition coefficient (Wildman–Crippen LogP) is 3.36. The summed E-state index contributed by atoms with van der Waals surface area (Å²) >= 11 is 0. The van der Waals surface area contributed by atoms with Crippen molar-refractivity contribution in [2.24, 2.45) is 0 Å². The van der Waals surface area contributed by atoms with Gasteiger partial charge < -0.3 is 5.11 Å². The predicted molar refractivity (Wildman–Crippen MR) is 63.6 cm³/mol. The Morgan fingerprint density at radius 2 is 1.69 bits per heavy atom. The summed E-state index contributed by atoms with van der Waals surface area (Å²) in [7, 11) is 0. The maximum atomic E-state index is 11.0. The van der Waals surface area contributed by atoms with E-state index in [0.29, 0.717) is 5.56 Å². The second-order valence-electron chi connectivity index (χ2n) is 3.70. The number of aryl methyl sites for hydroxylation is 1. The van der Waals surface area contributed by atoms with Crippen molar-refractivity contribution in [2.75, 3.05) is 0 Å². The summed E-state index contributed by atoms with van der Waals surface area (Å²) in [6.07, 6.45) is 0. The van der Waals surface area contributed by atoms with E-state index in [1.165, 1.54) is 0 Å². The van der Waals surface area contributed by atoms with Crippen LogP contribution >= 0.6 is 0 Å². The fraction of sp³-hybridized carbons (Fsp3) is 0.0714. The monoisotopic (exact) mass is 212 g/mol. The van der Waals surface area contributed by atoms with E-state index in [1.54, 1.807) is 13.0 Å². The molecule has 0 aliphatic carbocycles. The first kappa shape index (κ1) is 10.4. The summed E-state index contributed by atoms with van der Waals surface area (Å²) in [6.45, 7) is 1.80. The van der Waals surface area contributed by atoms with Gasteiger partial charge >= 0.3 is 5.97 Å². The fourth-order valence-corrected chi connectivity index (χ4v) is 1.66. The third-order valence-electron chi connectivity index (χ3n) is 2.58. The van der Waals surface area contributed by atoms with Crippen LogP contribution in [0.5, 0.6) is 0 Å². The summed E-state index contributed by atoms with van der Waals surface area (Å²) in [5, 5.41) is 9.04. The van der Waals surface area contributed by atoms with E-state index < -0.39 is 5.97 Å². The smallest absolute Gasteiger partial charge is 0.335 e. The highest BCUT2D eigenvalue weighted by Gasteiger charge is 2.08. The molecule has 2 rings (SSSR count). The lowest BCUT2D eigenvalue weighted by Crippen LogP contribution is -1.99. The van der Waals surface area contributed by atoms with Crippen LogP contribution in [0.3, 0.4) is 0 Å². The zero-order valence-corrected chi connectivity index (χ0v) is 8.97. The van der Waals surface area contributed by atoms with Gasteiger partial charge in [0.15, 0.2) is 0 Å². The van der Waals surface area contributed by atoms with Crippen LogP contribution < -0.4 is 0 Å². The Labute approximate surface area is 94.2 Å². The van der Waals surface area contributed by atoms with E-state index in [0.717, 1.165) is 16.7 Å². The summed E-state index contributed by atoms with van der Waals surface area (Å²) in [6, 6.07) is 15.3. The number of carboxylic acid groups (broad SMARTS) is 1. The highest BCUT2D eigenvalue weighted by atomic mass is 16.4. The van der Waals surface area contributed by atoms with Crippen LogP contribution in [0.15, 0.2) is 48.5 Å². The van der Waals surface area contributed by atoms with Gasteiger partial charge in [-0.15, -0.1) is 0 Å². The van der Waals surface area contributed by atoms with E-state index in [1.807, 2.05) is 42.5 Å². The van der Waals surface area contributed by atoms with Crippen LogP contribution in [0.1, 0.15) is 15.9 Å². The Morgan fingerprint density at radius 3 is 2.31 bits per heavy atom. The molecule has 0 unspecified atom stereocenters. The summed E-state index contributed by atoms with van der Waals surface area (Å²) in [5.41, 5.74) is 3.11. The fourth-order valence-electron chi connectivity index (χ4n) is 1.66. The van der Waals surface area contributed by atoms with Crippen molar-refractivity contribution >= 4 is 5.97 Å². The molecular formula is C14H12O2. The highest BCUT2D eigenvalue weighted by molar-refractivity contribution is 5.91. The van der Waals surface area contributed by atoms with Crippen LogP contribution in [-0.4, -0.2) is 11.1 Å². The van der Waals surface area contributed by atoms with Gasteiger partial charge in [-0.05, 0) is 29.7 Å². The van der Waals surface area contributed by atoms with Crippen molar-refractivity contribution in [3.05, 3.63) is 59.7 Å². The molecule has 2 aromatic carbocycles. The Bertz CT molecular complexity index is 516. The van der Waals surface area contributed by atoms with Gasteiger partial charge in [0, 0.05) is 0 Å². The molecule has 16 heavy (non-hydrogen) atoms. The van der Waals surface area contributed by atoms with Crippen LogP contribution in [0, 0.1) is 6.92 Å². The Kier molecular flexibility index (Phi) is 2.73. The van der Waals surface area contributed by atoms with Crippen molar-refractivity contribution in [1.82, 2.24) is 0 Å². The second-order valence-corrected chi connectivity index (χ2v) is 3.70. The molecule has 2 aromatic rings. The number of carboxylic acids is 1. The van der Waals surface area contributed by atoms with Gasteiger partial charge in [0.05, 0.1) is 5.56 Å². The number of hydrogen-bond acceptors (Lipinski definition) is 1. The van der Waals surface area contributed by atoms with E-state index >= 15 is 0 Å². The van der Waals surface area contributed by atoms with Crippen LogP contribution in [-0.2, 0) is 0 Å². The molecule has 0 radical (unpaired) electrons. The minimum atomic E-state index is -0.879. The third-order valence-corrected chi connectivity index (χ3v) is 2.58. The van der Waals surface area contributed by atoms with Crippen molar-refractivity contribution in [1.29, 1.82) is 0 Å². The molecule has 0 fully saturated rings. The number of carbonyl (C=O) groups is 1. The van der Waals surface area contributed by atoms with Crippen molar-refractivity contribution in [3.8, 4) is 11.1 Å². The highest BCUT2D eigenvalue weighted by Crippen LogP contribution is 2.22. The molecule has 0 bridgehead atoms. The van der Waals surface area contributed by atoms with Crippen molar-refractivity contribution in [2.45, 2.75) is 6.92 Å². The van der Waals surface area contributed by atoms with E-state index in [2.05, 4.69) is 0 Å². The van der Waals surface area contributed by atoms with Crippen molar-refractivity contribution in [3.63, 3.8) is 0 Å². The van der Waals surface area contributed by atoms with Gasteiger partial charge in [-0.2, -0.15) is 0 Å². The summed E-state index contributed by atoms with van der Waals surface area (Å²) in [4.78, 5) is 11.0. The first-order valence-electron chi connectivity index (χ1n) is 5.08. The van der Waals surface area contributed by atoms with Crippen molar-refractivity contribution < 1.29 is 9.90 Å². The SMILES string of the molecule is Cc1ccc(-c2ccccc2)cc1C(=O)O. The molecule has 0 spiro atoms. The van der Waals surface area contributed by atoms with Crippen LogP contribution in [0.2, 0.25) is 0 Å².